The first-order valence-electron chi connectivity index (χ1n) is 9.33. The van der Waals surface area contributed by atoms with Crippen molar-refractivity contribution in [1.82, 2.24) is 0 Å². The molecule has 0 aliphatic heterocycles. The molecule has 0 radical (unpaired) electrons. The van der Waals surface area contributed by atoms with Gasteiger partial charge in [0.1, 0.15) is 18.0 Å². The standard InChI is InChI=1S/C21H26O5/c1-10(22)13-6-7-14-12-5-4-11-8-16(23)18(25)19(26)20(11,2)15(12)9-17(24)21(13,14)3/h5-6,8,14-16,18-19,23,25-26H,4,7,9H2,1-3H3/t14-,15-,16-,18+,19-,20-,21+/m0/s1. The van der Waals surface area contributed by atoms with Gasteiger partial charge in [-0.2, -0.15) is 0 Å². The van der Waals surface area contributed by atoms with Gasteiger partial charge in [-0.15, -0.1) is 0 Å². The SMILES string of the molecule is CC(=O)C1=CC[C@H]2C3=CCC4=C[C@H](O)[C@@H](O)[C@H](O)[C@]4(C)[C@H]3CC(=O)[C@]12C. The molecule has 4 aliphatic rings. The second kappa shape index (κ2) is 5.47. The topological polar surface area (TPSA) is 94.8 Å². The molecule has 5 nitrogen and oxygen atoms in total. The van der Waals surface area contributed by atoms with Crippen molar-refractivity contribution < 1.29 is 24.9 Å². The van der Waals surface area contributed by atoms with E-state index in [1.807, 2.05) is 19.9 Å². The van der Waals surface area contributed by atoms with Gasteiger partial charge in [-0.3, -0.25) is 9.59 Å². The zero-order valence-corrected chi connectivity index (χ0v) is 15.4. The molecule has 7 atom stereocenters. The summed E-state index contributed by atoms with van der Waals surface area (Å²) in [6, 6.07) is 0. The number of fused-ring (bicyclic) bond motifs is 5. The maximum Gasteiger partial charge on any atom is 0.156 e. The van der Waals surface area contributed by atoms with Gasteiger partial charge in [-0.05, 0) is 32.6 Å². The molecule has 0 unspecified atom stereocenters. The predicted octanol–water partition coefficient (Wildman–Crippen LogP) is 1.48. The quantitative estimate of drug-likeness (QED) is 0.617. The molecule has 0 aromatic heterocycles. The molecular weight excluding hydrogens is 332 g/mol. The zero-order valence-electron chi connectivity index (χ0n) is 15.4. The monoisotopic (exact) mass is 358 g/mol. The molecule has 0 aromatic rings. The minimum absolute atomic E-state index is 0.0267. The minimum atomic E-state index is -1.26. The Labute approximate surface area is 153 Å². The summed E-state index contributed by atoms with van der Waals surface area (Å²) in [6.07, 6.45) is 3.62. The number of hydrogen-bond acceptors (Lipinski definition) is 5. The molecule has 140 valence electrons. The molecule has 0 bridgehead atoms. The first kappa shape index (κ1) is 17.8. The van der Waals surface area contributed by atoms with E-state index in [0.717, 1.165) is 11.1 Å². The molecule has 3 N–H and O–H groups in total. The van der Waals surface area contributed by atoms with Crippen molar-refractivity contribution in [1.29, 1.82) is 0 Å². The van der Waals surface area contributed by atoms with Gasteiger partial charge in [0, 0.05) is 23.3 Å². The van der Waals surface area contributed by atoms with Crippen LogP contribution in [-0.4, -0.2) is 45.2 Å². The van der Waals surface area contributed by atoms with Gasteiger partial charge in [0.15, 0.2) is 5.78 Å². The first-order valence-corrected chi connectivity index (χ1v) is 9.33. The summed E-state index contributed by atoms with van der Waals surface area (Å²) in [5.74, 6) is -0.313. The third-order valence-corrected chi connectivity index (χ3v) is 7.60. The molecule has 26 heavy (non-hydrogen) atoms. The van der Waals surface area contributed by atoms with Crippen LogP contribution in [0.2, 0.25) is 0 Å². The second-order valence-electron chi connectivity index (χ2n) is 8.65. The highest BCUT2D eigenvalue weighted by Crippen LogP contribution is 2.62. The van der Waals surface area contributed by atoms with Crippen LogP contribution in [-0.2, 0) is 9.59 Å². The van der Waals surface area contributed by atoms with E-state index in [9.17, 15) is 24.9 Å². The highest BCUT2D eigenvalue weighted by molar-refractivity contribution is 6.05. The van der Waals surface area contributed by atoms with E-state index < -0.39 is 29.1 Å². The number of carbonyl (C=O) groups excluding carboxylic acids is 2. The Bertz CT molecular complexity index is 790. The maximum absolute atomic E-state index is 13.2. The van der Waals surface area contributed by atoms with Crippen LogP contribution in [0.15, 0.2) is 34.9 Å². The zero-order chi connectivity index (χ0) is 19.0. The average Bonchev–Trinajstić information content (AvgIpc) is 2.95. The number of allylic oxidation sites excluding steroid dienone is 4. The summed E-state index contributed by atoms with van der Waals surface area (Å²) >= 11 is 0. The van der Waals surface area contributed by atoms with Gasteiger partial charge >= 0.3 is 0 Å². The Balaban J connectivity index is 1.82. The third-order valence-electron chi connectivity index (χ3n) is 7.60. The van der Waals surface area contributed by atoms with E-state index in [1.165, 1.54) is 6.92 Å². The summed E-state index contributed by atoms with van der Waals surface area (Å²) < 4.78 is 0. The van der Waals surface area contributed by atoms with Crippen molar-refractivity contribution in [2.45, 2.75) is 58.3 Å². The smallest absolute Gasteiger partial charge is 0.156 e. The van der Waals surface area contributed by atoms with E-state index in [1.54, 1.807) is 6.08 Å². The van der Waals surface area contributed by atoms with E-state index in [4.69, 9.17) is 0 Å². The largest absolute Gasteiger partial charge is 0.389 e. The molecule has 1 saturated carbocycles. The summed E-state index contributed by atoms with van der Waals surface area (Å²) in [4.78, 5) is 25.3. The Hall–Kier alpha value is -1.56. The van der Waals surface area contributed by atoms with Crippen molar-refractivity contribution in [3.05, 3.63) is 34.9 Å². The van der Waals surface area contributed by atoms with Gasteiger partial charge < -0.3 is 15.3 Å². The molecule has 0 aromatic carbocycles. The lowest BCUT2D eigenvalue weighted by molar-refractivity contribution is -0.140. The van der Waals surface area contributed by atoms with E-state index >= 15 is 0 Å². The molecule has 0 amide bonds. The molecular formula is C21H26O5. The van der Waals surface area contributed by atoms with Crippen LogP contribution in [0.25, 0.3) is 0 Å². The predicted molar refractivity (Wildman–Crippen MR) is 95.0 cm³/mol. The molecule has 4 aliphatic carbocycles. The summed E-state index contributed by atoms with van der Waals surface area (Å²) in [5, 5.41) is 31.1. The van der Waals surface area contributed by atoms with Gasteiger partial charge in [0.05, 0.1) is 11.5 Å². The number of ketones is 2. The third kappa shape index (κ3) is 1.97. The van der Waals surface area contributed by atoms with Crippen LogP contribution in [0.5, 0.6) is 0 Å². The van der Waals surface area contributed by atoms with E-state index in [0.29, 0.717) is 18.4 Å². The maximum atomic E-state index is 13.2. The fourth-order valence-electron chi connectivity index (χ4n) is 5.96. The van der Waals surface area contributed by atoms with Gasteiger partial charge in [0.2, 0.25) is 0 Å². The van der Waals surface area contributed by atoms with Crippen molar-refractivity contribution in [2.75, 3.05) is 0 Å². The average molecular weight is 358 g/mol. The fourth-order valence-corrected chi connectivity index (χ4v) is 5.96. The Morgan fingerprint density at radius 1 is 1.15 bits per heavy atom. The number of Topliss-reactive ketones (excluding diaryl/α,β-unsaturated/α-hetero) is 2. The van der Waals surface area contributed by atoms with Crippen molar-refractivity contribution in [3.8, 4) is 0 Å². The number of aliphatic hydroxyl groups excluding tert-OH is 3. The molecule has 5 heteroatoms. The van der Waals surface area contributed by atoms with Crippen LogP contribution < -0.4 is 0 Å². The fraction of sp³-hybridized carbons (Fsp3) is 0.619. The van der Waals surface area contributed by atoms with Crippen molar-refractivity contribution >= 4 is 11.6 Å². The number of carbonyl (C=O) groups is 2. The summed E-state index contributed by atoms with van der Waals surface area (Å²) in [7, 11) is 0. The van der Waals surface area contributed by atoms with E-state index in [2.05, 4.69) is 6.08 Å². The number of aliphatic hydroxyl groups is 3. The van der Waals surface area contributed by atoms with Crippen LogP contribution >= 0.6 is 0 Å². The van der Waals surface area contributed by atoms with Crippen LogP contribution in [0.1, 0.15) is 40.0 Å². The number of rotatable bonds is 1. The lowest BCUT2D eigenvalue weighted by Gasteiger charge is -2.55. The minimum Gasteiger partial charge on any atom is -0.389 e. The Morgan fingerprint density at radius 2 is 1.85 bits per heavy atom. The van der Waals surface area contributed by atoms with Crippen molar-refractivity contribution in [3.63, 3.8) is 0 Å². The lowest BCUT2D eigenvalue weighted by Crippen LogP contribution is -2.59. The first-order chi connectivity index (χ1) is 12.1. The van der Waals surface area contributed by atoms with E-state index in [-0.39, 0.29) is 29.8 Å². The van der Waals surface area contributed by atoms with Crippen LogP contribution in [0, 0.1) is 22.7 Å². The highest BCUT2D eigenvalue weighted by atomic mass is 16.4. The second-order valence-corrected chi connectivity index (χ2v) is 8.65. The lowest BCUT2D eigenvalue weighted by atomic mass is 9.49. The summed E-state index contributed by atoms with van der Waals surface area (Å²) in [6.45, 7) is 5.28. The Morgan fingerprint density at radius 3 is 2.50 bits per heavy atom. The molecule has 4 rings (SSSR count). The van der Waals surface area contributed by atoms with Crippen LogP contribution in [0.3, 0.4) is 0 Å². The van der Waals surface area contributed by atoms with Gasteiger partial charge in [-0.1, -0.05) is 36.3 Å². The Kier molecular flexibility index (Phi) is 3.75. The molecule has 0 spiro atoms. The number of hydrogen-bond donors (Lipinski definition) is 3. The highest BCUT2D eigenvalue weighted by Gasteiger charge is 2.61. The van der Waals surface area contributed by atoms with Crippen molar-refractivity contribution in [2.24, 2.45) is 22.7 Å². The molecule has 0 heterocycles. The summed E-state index contributed by atoms with van der Waals surface area (Å²) in [5.41, 5.74) is 1.04. The van der Waals surface area contributed by atoms with Gasteiger partial charge in [0.25, 0.3) is 0 Å². The van der Waals surface area contributed by atoms with Crippen LogP contribution in [0.4, 0.5) is 0 Å². The normalized spacial score (nSPS) is 47.2. The molecule has 0 saturated heterocycles. The molecule has 1 fully saturated rings. The van der Waals surface area contributed by atoms with Gasteiger partial charge in [-0.25, -0.2) is 0 Å².